The summed E-state index contributed by atoms with van der Waals surface area (Å²) in [5, 5.41) is 5.93. The average molecular weight is 473 g/mol. The minimum absolute atomic E-state index is 0.102. The Morgan fingerprint density at radius 2 is 1.76 bits per heavy atom. The Morgan fingerprint density at radius 1 is 1.03 bits per heavy atom. The number of rotatable bonds is 7. The smallest absolute Gasteiger partial charge is 0.246 e. The Bertz CT molecular complexity index is 1130. The Hall–Kier alpha value is -2.95. The zero-order chi connectivity index (χ0) is 23.4. The summed E-state index contributed by atoms with van der Waals surface area (Å²) >= 11 is 0. The van der Waals surface area contributed by atoms with Crippen LogP contribution in [0.1, 0.15) is 19.8 Å². The number of ether oxygens (including phenoxy) is 1. The first-order chi connectivity index (χ1) is 15.8. The van der Waals surface area contributed by atoms with Gasteiger partial charge in [0.15, 0.2) is 0 Å². The highest BCUT2D eigenvalue weighted by atomic mass is 32.2. The van der Waals surface area contributed by atoms with Crippen molar-refractivity contribution in [3.05, 3.63) is 48.5 Å². The molecule has 2 aliphatic rings. The van der Waals surface area contributed by atoms with Crippen molar-refractivity contribution < 1.29 is 22.7 Å². The number of hydrogen-bond donors (Lipinski definition) is 2. The van der Waals surface area contributed by atoms with Gasteiger partial charge in [-0.2, -0.15) is 4.31 Å². The van der Waals surface area contributed by atoms with Crippen LogP contribution in [0.25, 0.3) is 0 Å². The van der Waals surface area contributed by atoms with Crippen molar-refractivity contribution in [2.45, 2.75) is 30.7 Å². The summed E-state index contributed by atoms with van der Waals surface area (Å²) in [6, 6.07) is 13.1. The highest BCUT2D eigenvalue weighted by Gasteiger charge is 2.27. The predicted octanol–water partition coefficient (Wildman–Crippen LogP) is 2.27. The van der Waals surface area contributed by atoms with Gasteiger partial charge in [-0.1, -0.05) is 12.1 Å². The third-order valence-corrected chi connectivity index (χ3v) is 7.61. The van der Waals surface area contributed by atoms with Crippen LogP contribution in [0.3, 0.4) is 0 Å². The Balaban J connectivity index is 1.41. The first kappa shape index (κ1) is 23.2. The fourth-order valence-corrected chi connectivity index (χ4v) is 5.38. The molecule has 176 valence electrons. The van der Waals surface area contributed by atoms with Crippen molar-refractivity contribution in [3.8, 4) is 0 Å². The normalized spacial score (nSPS) is 18.2. The molecule has 0 bridgehead atoms. The van der Waals surface area contributed by atoms with Gasteiger partial charge < -0.3 is 20.3 Å². The van der Waals surface area contributed by atoms with E-state index < -0.39 is 16.1 Å². The van der Waals surface area contributed by atoms with Gasteiger partial charge in [0.1, 0.15) is 6.04 Å². The van der Waals surface area contributed by atoms with Crippen molar-refractivity contribution in [2.24, 2.45) is 0 Å². The number of nitrogens with one attached hydrogen (secondary N) is 2. The van der Waals surface area contributed by atoms with E-state index in [4.69, 9.17) is 4.74 Å². The van der Waals surface area contributed by atoms with Gasteiger partial charge in [-0.25, -0.2) is 8.42 Å². The van der Waals surface area contributed by atoms with Gasteiger partial charge >= 0.3 is 0 Å². The van der Waals surface area contributed by atoms with Crippen LogP contribution in [0.15, 0.2) is 53.4 Å². The van der Waals surface area contributed by atoms with Crippen LogP contribution in [0.5, 0.6) is 0 Å². The lowest BCUT2D eigenvalue weighted by molar-refractivity contribution is -0.117. The summed E-state index contributed by atoms with van der Waals surface area (Å²) in [5.74, 6) is -0.205. The maximum absolute atomic E-state index is 12.9. The molecule has 0 aromatic heterocycles. The second-order valence-corrected chi connectivity index (χ2v) is 10.0. The molecule has 33 heavy (non-hydrogen) atoms. The molecule has 2 N–H and O–H groups in total. The van der Waals surface area contributed by atoms with Crippen LogP contribution in [0.4, 0.5) is 17.1 Å². The van der Waals surface area contributed by atoms with Gasteiger partial charge in [-0.3, -0.25) is 9.59 Å². The van der Waals surface area contributed by atoms with E-state index in [-0.39, 0.29) is 16.7 Å². The second-order valence-electron chi connectivity index (χ2n) is 8.10. The summed E-state index contributed by atoms with van der Waals surface area (Å²) in [5.41, 5.74) is 1.93. The third kappa shape index (κ3) is 5.35. The molecule has 0 spiro atoms. The van der Waals surface area contributed by atoms with Crippen LogP contribution in [-0.2, 0) is 24.3 Å². The minimum atomic E-state index is -3.65. The van der Waals surface area contributed by atoms with Crippen molar-refractivity contribution in [1.82, 2.24) is 4.31 Å². The van der Waals surface area contributed by atoms with Crippen molar-refractivity contribution >= 4 is 38.9 Å². The molecule has 2 fully saturated rings. The molecule has 9 nitrogen and oxygen atoms in total. The van der Waals surface area contributed by atoms with E-state index >= 15 is 0 Å². The number of anilines is 3. The largest absolute Gasteiger partial charge is 0.379 e. The fourth-order valence-electron chi connectivity index (χ4n) is 3.92. The number of carbonyl (C=O) groups excluding carboxylic acids is 2. The van der Waals surface area contributed by atoms with Crippen LogP contribution in [0.2, 0.25) is 0 Å². The molecule has 4 rings (SSSR count). The minimum Gasteiger partial charge on any atom is -0.379 e. The van der Waals surface area contributed by atoms with Gasteiger partial charge in [-0.05, 0) is 49.7 Å². The van der Waals surface area contributed by atoms with Crippen LogP contribution in [-0.4, -0.2) is 63.4 Å². The molecule has 2 amide bonds. The number of amides is 2. The molecular weight excluding hydrogens is 444 g/mol. The summed E-state index contributed by atoms with van der Waals surface area (Å²) < 4.78 is 32.4. The Labute approximate surface area is 193 Å². The van der Waals surface area contributed by atoms with E-state index in [2.05, 4.69) is 10.6 Å². The number of sulfonamides is 1. The number of carbonyl (C=O) groups is 2. The van der Waals surface area contributed by atoms with E-state index in [1.807, 2.05) is 24.3 Å². The predicted molar refractivity (Wildman–Crippen MR) is 126 cm³/mol. The molecule has 0 saturated carbocycles. The highest BCUT2D eigenvalue weighted by Crippen LogP contribution is 2.25. The van der Waals surface area contributed by atoms with E-state index in [0.717, 1.165) is 17.8 Å². The van der Waals surface area contributed by atoms with E-state index in [1.54, 1.807) is 24.0 Å². The van der Waals surface area contributed by atoms with Crippen molar-refractivity contribution in [2.75, 3.05) is 48.4 Å². The first-order valence-corrected chi connectivity index (χ1v) is 12.4. The zero-order valence-electron chi connectivity index (χ0n) is 18.5. The number of benzene rings is 2. The highest BCUT2D eigenvalue weighted by molar-refractivity contribution is 7.89. The molecule has 2 aromatic rings. The molecule has 2 aliphatic heterocycles. The van der Waals surface area contributed by atoms with Gasteiger partial charge in [0.05, 0.1) is 18.1 Å². The van der Waals surface area contributed by atoms with Crippen molar-refractivity contribution in [3.63, 3.8) is 0 Å². The van der Waals surface area contributed by atoms with Gasteiger partial charge in [0.25, 0.3) is 0 Å². The summed E-state index contributed by atoms with van der Waals surface area (Å²) in [6.45, 7) is 3.77. The van der Waals surface area contributed by atoms with Gasteiger partial charge in [0, 0.05) is 43.1 Å². The monoisotopic (exact) mass is 472 g/mol. The Morgan fingerprint density at radius 3 is 2.48 bits per heavy atom. The summed E-state index contributed by atoms with van der Waals surface area (Å²) in [7, 11) is -3.65. The molecular formula is C23H28N4O5S. The van der Waals surface area contributed by atoms with Crippen LogP contribution in [0, 0.1) is 0 Å². The first-order valence-electron chi connectivity index (χ1n) is 11.0. The molecule has 2 aromatic carbocycles. The zero-order valence-corrected chi connectivity index (χ0v) is 19.3. The molecule has 10 heteroatoms. The third-order valence-electron chi connectivity index (χ3n) is 5.72. The van der Waals surface area contributed by atoms with E-state index in [0.29, 0.717) is 45.0 Å². The molecule has 2 heterocycles. The maximum Gasteiger partial charge on any atom is 0.246 e. The van der Waals surface area contributed by atoms with Crippen LogP contribution < -0.4 is 15.5 Å². The number of nitrogens with zero attached hydrogens (tertiary/aromatic N) is 2. The SMILES string of the molecule is CC(Nc1cccc(N2CCCC2=O)c1)C(=O)Nc1cccc(S(=O)(=O)N2CCOCC2)c1. The quantitative estimate of drug-likeness (QED) is 0.640. The molecule has 0 aliphatic carbocycles. The second kappa shape index (κ2) is 9.90. The Kier molecular flexibility index (Phi) is 6.96. The molecule has 1 unspecified atom stereocenters. The lowest BCUT2D eigenvalue weighted by atomic mass is 10.2. The molecule has 0 radical (unpaired) electrons. The summed E-state index contributed by atoms with van der Waals surface area (Å²) in [6.07, 6.45) is 1.40. The van der Waals surface area contributed by atoms with E-state index in [9.17, 15) is 18.0 Å². The average Bonchev–Trinajstić information content (AvgIpc) is 3.26. The van der Waals surface area contributed by atoms with Gasteiger partial charge in [0.2, 0.25) is 21.8 Å². The standard InChI is InChI=1S/C23H28N4O5S/c1-17(24-18-5-2-7-20(15-18)27-10-4-9-22(27)28)23(29)25-19-6-3-8-21(16-19)33(30,31)26-11-13-32-14-12-26/h2-3,5-8,15-17,24H,4,9-14H2,1H3,(H,25,29). The summed E-state index contributed by atoms with van der Waals surface area (Å²) in [4.78, 5) is 26.6. The maximum atomic E-state index is 12.9. The van der Waals surface area contributed by atoms with Crippen LogP contribution >= 0.6 is 0 Å². The number of hydrogen-bond acceptors (Lipinski definition) is 6. The molecule has 1 atom stereocenters. The number of morpholine rings is 1. The van der Waals surface area contributed by atoms with Gasteiger partial charge in [-0.15, -0.1) is 0 Å². The lowest BCUT2D eigenvalue weighted by Gasteiger charge is -2.26. The fraction of sp³-hybridized carbons (Fsp3) is 0.391. The topological polar surface area (TPSA) is 108 Å². The lowest BCUT2D eigenvalue weighted by Crippen LogP contribution is -2.40. The van der Waals surface area contributed by atoms with Crippen molar-refractivity contribution in [1.29, 1.82) is 0 Å². The molecule has 2 saturated heterocycles. The van der Waals surface area contributed by atoms with E-state index in [1.165, 1.54) is 16.4 Å².